The number of nitrogen functional groups attached to an aromatic ring is 1. The monoisotopic (exact) mass is 419 g/mol. The van der Waals surface area contributed by atoms with E-state index in [2.05, 4.69) is 15.5 Å². The van der Waals surface area contributed by atoms with Crippen molar-refractivity contribution < 1.29 is 9.21 Å². The number of benzene rings is 2. The molecule has 0 aliphatic carbocycles. The molecule has 2 aromatic carbocycles. The summed E-state index contributed by atoms with van der Waals surface area (Å²) in [5.74, 6) is 6.93. The minimum atomic E-state index is -0.568. The molecule has 0 saturated carbocycles. The lowest BCUT2D eigenvalue weighted by atomic mass is 10.1. The quantitative estimate of drug-likeness (QED) is 0.356. The Morgan fingerprint density at radius 2 is 1.90 bits per heavy atom. The normalized spacial score (nSPS) is 11.9. The van der Waals surface area contributed by atoms with E-state index in [1.165, 1.54) is 16.4 Å². The lowest BCUT2D eigenvalue weighted by molar-refractivity contribution is -0.115. The molecule has 2 aromatic heterocycles. The fraction of sp³-hybridized carbons (Fsp3) is 0.136. The molecule has 0 spiro atoms. The van der Waals surface area contributed by atoms with E-state index >= 15 is 0 Å². The molecule has 1 atom stereocenters. The van der Waals surface area contributed by atoms with Gasteiger partial charge in [-0.1, -0.05) is 54.2 Å². The Labute approximate surface area is 178 Å². The highest BCUT2D eigenvalue weighted by atomic mass is 32.2. The Morgan fingerprint density at radius 3 is 2.63 bits per heavy atom. The van der Waals surface area contributed by atoms with Crippen LogP contribution in [-0.2, 0) is 4.79 Å². The van der Waals surface area contributed by atoms with E-state index in [1.54, 1.807) is 18.4 Å². The first kappa shape index (κ1) is 19.8. The van der Waals surface area contributed by atoms with E-state index < -0.39 is 5.25 Å². The molecule has 4 rings (SSSR count). The number of nitrogens with zero attached hydrogens (tertiary/aromatic N) is 3. The van der Waals surface area contributed by atoms with E-state index in [0.29, 0.717) is 16.7 Å². The molecule has 0 aliphatic heterocycles. The topological polar surface area (TPSA) is 99.0 Å². The molecule has 2 heterocycles. The second-order valence-corrected chi connectivity index (χ2v) is 7.94. The van der Waals surface area contributed by atoms with Crippen molar-refractivity contribution in [1.29, 1.82) is 0 Å². The highest BCUT2D eigenvalue weighted by Crippen LogP contribution is 2.36. The van der Waals surface area contributed by atoms with Gasteiger partial charge in [-0.25, -0.2) is 4.68 Å². The van der Waals surface area contributed by atoms with Gasteiger partial charge in [0.25, 0.3) is 0 Å². The number of furan rings is 1. The molecule has 8 heteroatoms. The molecule has 0 radical (unpaired) electrons. The van der Waals surface area contributed by atoms with Crippen LogP contribution >= 0.6 is 11.8 Å². The summed E-state index contributed by atoms with van der Waals surface area (Å²) in [6.45, 7) is 3.96. The molecule has 1 amide bonds. The summed E-state index contributed by atoms with van der Waals surface area (Å²) in [6.07, 6.45) is 1.54. The number of aromatic nitrogens is 3. The Balaban J connectivity index is 1.64. The first-order valence-corrected chi connectivity index (χ1v) is 10.2. The second kappa shape index (κ2) is 8.46. The van der Waals surface area contributed by atoms with Gasteiger partial charge in [-0.2, -0.15) is 0 Å². The number of hydrogen-bond donors (Lipinski definition) is 2. The number of carbonyl (C=O) groups is 1. The van der Waals surface area contributed by atoms with Crippen molar-refractivity contribution >= 4 is 23.4 Å². The Hall–Kier alpha value is -3.52. The summed E-state index contributed by atoms with van der Waals surface area (Å²) in [7, 11) is 0. The van der Waals surface area contributed by atoms with E-state index in [4.69, 9.17) is 10.3 Å². The van der Waals surface area contributed by atoms with Gasteiger partial charge in [0.05, 0.1) is 6.26 Å². The molecule has 0 bridgehead atoms. The highest BCUT2D eigenvalue weighted by Gasteiger charge is 2.26. The fourth-order valence-corrected chi connectivity index (χ4v) is 3.96. The van der Waals surface area contributed by atoms with Gasteiger partial charge < -0.3 is 15.6 Å². The lowest BCUT2D eigenvalue weighted by Crippen LogP contribution is -2.21. The van der Waals surface area contributed by atoms with Crippen LogP contribution in [0.15, 0.2) is 76.5 Å². The van der Waals surface area contributed by atoms with E-state index in [-0.39, 0.29) is 5.91 Å². The van der Waals surface area contributed by atoms with Crippen LogP contribution in [0, 0.1) is 13.8 Å². The summed E-state index contributed by atoms with van der Waals surface area (Å²) in [5.41, 5.74) is 3.69. The number of hydrogen-bond acceptors (Lipinski definition) is 6. The Kier molecular flexibility index (Phi) is 5.58. The van der Waals surface area contributed by atoms with Crippen molar-refractivity contribution in [2.45, 2.75) is 24.3 Å². The number of nitrogens with one attached hydrogen (secondary N) is 1. The van der Waals surface area contributed by atoms with Crippen LogP contribution in [0.5, 0.6) is 0 Å². The van der Waals surface area contributed by atoms with Gasteiger partial charge in [0.2, 0.25) is 16.9 Å². The average molecular weight is 420 g/mol. The third-order valence-corrected chi connectivity index (χ3v) is 5.83. The zero-order chi connectivity index (χ0) is 21.1. The number of carbonyl (C=O) groups excluding carboxylic acids is 1. The van der Waals surface area contributed by atoms with Crippen LogP contribution in [0.2, 0.25) is 0 Å². The SMILES string of the molecule is Cc1ccc(C)c(NC(=O)C(Sc2nnc(-c3ccco3)n2N)c2ccccc2)c1. The molecular weight excluding hydrogens is 398 g/mol. The minimum Gasteiger partial charge on any atom is -0.461 e. The zero-order valence-electron chi connectivity index (χ0n) is 16.6. The van der Waals surface area contributed by atoms with Crippen molar-refractivity contribution in [3.05, 3.63) is 83.6 Å². The van der Waals surface area contributed by atoms with Gasteiger partial charge in [0, 0.05) is 5.69 Å². The predicted octanol–water partition coefficient (Wildman–Crippen LogP) is 4.34. The average Bonchev–Trinajstić information content (AvgIpc) is 3.39. The molecule has 7 nitrogen and oxygen atoms in total. The molecule has 4 aromatic rings. The van der Waals surface area contributed by atoms with Crippen LogP contribution in [0.4, 0.5) is 5.69 Å². The molecule has 152 valence electrons. The second-order valence-electron chi connectivity index (χ2n) is 6.87. The summed E-state index contributed by atoms with van der Waals surface area (Å²) in [5, 5.41) is 11.2. The number of aryl methyl sites for hydroxylation is 2. The molecule has 3 N–H and O–H groups in total. The van der Waals surface area contributed by atoms with Crippen LogP contribution < -0.4 is 11.2 Å². The van der Waals surface area contributed by atoms with E-state index in [9.17, 15) is 4.79 Å². The molecule has 30 heavy (non-hydrogen) atoms. The largest absolute Gasteiger partial charge is 0.461 e. The van der Waals surface area contributed by atoms with Crippen molar-refractivity contribution in [3.63, 3.8) is 0 Å². The van der Waals surface area contributed by atoms with Crippen LogP contribution in [0.25, 0.3) is 11.6 Å². The third-order valence-electron chi connectivity index (χ3n) is 4.62. The lowest BCUT2D eigenvalue weighted by Gasteiger charge is -2.17. The van der Waals surface area contributed by atoms with Crippen molar-refractivity contribution in [1.82, 2.24) is 14.9 Å². The van der Waals surface area contributed by atoms with Gasteiger partial charge in [-0.05, 0) is 48.7 Å². The van der Waals surface area contributed by atoms with Crippen molar-refractivity contribution in [3.8, 4) is 11.6 Å². The maximum Gasteiger partial charge on any atom is 0.242 e. The number of nitrogens with two attached hydrogens (primary N) is 1. The summed E-state index contributed by atoms with van der Waals surface area (Å²) in [6, 6.07) is 19.0. The maximum atomic E-state index is 13.3. The van der Waals surface area contributed by atoms with Gasteiger partial charge >= 0.3 is 0 Å². The van der Waals surface area contributed by atoms with Gasteiger partial charge in [0.15, 0.2) is 5.76 Å². The molecular formula is C22H21N5O2S. The zero-order valence-corrected chi connectivity index (χ0v) is 17.4. The third kappa shape index (κ3) is 4.08. The smallest absolute Gasteiger partial charge is 0.242 e. The number of anilines is 1. The number of amides is 1. The summed E-state index contributed by atoms with van der Waals surface area (Å²) in [4.78, 5) is 13.3. The Bertz CT molecular complexity index is 1160. The first-order valence-electron chi connectivity index (χ1n) is 9.37. The standard InChI is InChI=1S/C22H21N5O2S/c1-14-10-11-15(2)17(13-14)24-21(28)19(16-7-4-3-5-8-16)30-22-26-25-20(27(22)23)18-9-6-12-29-18/h3-13,19H,23H2,1-2H3,(H,24,28). The molecule has 0 aliphatic rings. The fourth-order valence-electron chi connectivity index (χ4n) is 3.01. The maximum absolute atomic E-state index is 13.3. The summed E-state index contributed by atoms with van der Waals surface area (Å²) < 4.78 is 6.70. The highest BCUT2D eigenvalue weighted by molar-refractivity contribution is 8.00. The Morgan fingerprint density at radius 1 is 1.10 bits per heavy atom. The minimum absolute atomic E-state index is 0.164. The van der Waals surface area contributed by atoms with Gasteiger partial charge in [-0.3, -0.25) is 4.79 Å². The molecule has 0 saturated heterocycles. The number of thioether (sulfide) groups is 1. The van der Waals surface area contributed by atoms with Crippen LogP contribution in [-0.4, -0.2) is 20.8 Å². The van der Waals surface area contributed by atoms with Gasteiger partial charge in [-0.15, -0.1) is 10.2 Å². The molecule has 1 unspecified atom stereocenters. The van der Waals surface area contributed by atoms with E-state index in [1.807, 2.05) is 62.4 Å². The summed E-state index contributed by atoms with van der Waals surface area (Å²) >= 11 is 1.23. The van der Waals surface area contributed by atoms with E-state index in [0.717, 1.165) is 22.4 Å². The van der Waals surface area contributed by atoms with Crippen molar-refractivity contribution in [2.24, 2.45) is 0 Å². The van der Waals surface area contributed by atoms with Crippen molar-refractivity contribution in [2.75, 3.05) is 11.2 Å². The first-order chi connectivity index (χ1) is 14.5. The predicted molar refractivity (Wildman–Crippen MR) is 117 cm³/mol. The van der Waals surface area contributed by atoms with Crippen LogP contribution in [0.1, 0.15) is 21.9 Å². The number of rotatable bonds is 6. The van der Waals surface area contributed by atoms with Crippen LogP contribution in [0.3, 0.4) is 0 Å². The molecule has 0 fully saturated rings. The van der Waals surface area contributed by atoms with Gasteiger partial charge in [0.1, 0.15) is 5.25 Å².